The Hall–Kier alpha value is -4.72. The molecule has 0 saturated heterocycles. The number of ether oxygens (including phenoxy) is 1. The molecule has 1 heterocycles. The predicted molar refractivity (Wildman–Crippen MR) is 128 cm³/mol. The van der Waals surface area contributed by atoms with Crippen molar-refractivity contribution >= 4 is 0 Å². The van der Waals surface area contributed by atoms with Gasteiger partial charge in [-0.05, 0) is 53.1 Å². The van der Waals surface area contributed by atoms with Crippen LogP contribution in [0.25, 0.3) is 0 Å². The van der Waals surface area contributed by atoms with Crippen LogP contribution in [0.3, 0.4) is 0 Å². The Labute approximate surface area is 205 Å². The summed E-state index contributed by atoms with van der Waals surface area (Å²) < 4.78 is 6.34. The number of phenols is 7. The van der Waals surface area contributed by atoms with Gasteiger partial charge in [0.05, 0.1) is 0 Å². The molecule has 8 nitrogen and oxygen atoms in total. The van der Waals surface area contributed by atoms with Crippen molar-refractivity contribution in [1.29, 1.82) is 0 Å². The van der Waals surface area contributed by atoms with Crippen molar-refractivity contribution in [3.63, 3.8) is 0 Å². The molecule has 0 fully saturated rings. The summed E-state index contributed by atoms with van der Waals surface area (Å²) in [5.41, 5.74) is 2.65. The monoisotopic (exact) mass is 486 g/mol. The molecule has 4 aromatic carbocycles. The summed E-state index contributed by atoms with van der Waals surface area (Å²) in [7, 11) is 0. The van der Waals surface area contributed by atoms with Crippen LogP contribution >= 0.6 is 0 Å². The number of benzene rings is 4. The van der Waals surface area contributed by atoms with Gasteiger partial charge < -0.3 is 40.5 Å². The lowest BCUT2D eigenvalue weighted by molar-refractivity contribution is 0.132. The predicted octanol–water partition coefficient (Wildman–Crippen LogP) is 4.77. The second-order valence-electron chi connectivity index (χ2n) is 9.28. The first-order valence-corrected chi connectivity index (χ1v) is 11.3. The molecule has 0 saturated carbocycles. The molecule has 4 atom stereocenters. The summed E-state index contributed by atoms with van der Waals surface area (Å²) in [5, 5.41) is 72.7. The fraction of sp³-hybridized carbons (Fsp3) is 0.143. The first kappa shape index (κ1) is 21.8. The van der Waals surface area contributed by atoms with Crippen molar-refractivity contribution in [2.45, 2.75) is 23.9 Å². The zero-order valence-corrected chi connectivity index (χ0v) is 18.7. The lowest BCUT2D eigenvalue weighted by Crippen LogP contribution is -2.27. The van der Waals surface area contributed by atoms with Crippen LogP contribution in [-0.2, 0) is 0 Å². The molecule has 0 unspecified atom stereocenters. The van der Waals surface area contributed by atoms with Gasteiger partial charge in [0.25, 0.3) is 0 Å². The van der Waals surface area contributed by atoms with Gasteiger partial charge >= 0.3 is 0 Å². The molecule has 1 aliphatic carbocycles. The molecule has 0 radical (unpaired) electrons. The van der Waals surface area contributed by atoms with Gasteiger partial charge in [-0.15, -0.1) is 0 Å². The molecule has 2 aliphatic rings. The SMILES string of the molecule is Oc1cc(O)cc([C@@H]2c3c(O)cc(O)cc3[C@@H]3[C@H]2c2ccc(O)cc2O[C@H]3c2ccc(O)cc2O)c1. The molecule has 4 aromatic rings. The average molecular weight is 486 g/mol. The highest BCUT2D eigenvalue weighted by Crippen LogP contribution is 2.66. The molecule has 8 heteroatoms. The summed E-state index contributed by atoms with van der Waals surface area (Å²) >= 11 is 0. The lowest BCUT2D eigenvalue weighted by atomic mass is 9.73. The second kappa shape index (κ2) is 7.64. The molecule has 0 bridgehead atoms. The van der Waals surface area contributed by atoms with E-state index in [4.69, 9.17) is 4.74 Å². The molecule has 7 N–H and O–H groups in total. The summed E-state index contributed by atoms with van der Waals surface area (Å²) in [4.78, 5) is 0. The number of phenolic OH excluding ortho intramolecular Hbond substituents is 7. The van der Waals surface area contributed by atoms with Crippen molar-refractivity contribution in [3.8, 4) is 46.0 Å². The molecule has 6 rings (SSSR count). The van der Waals surface area contributed by atoms with Gasteiger partial charge in [0.2, 0.25) is 0 Å². The Bertz CT molecular complexity index is 1510. The first-order chi connectivity index (χ1) is 17.2. The van der Waals surface area contributed by atoms with Crippen LogP contribution in [0.5, 0.6) is 46.0 Å². The maximum absolute atomic E-state index is 11.0. The third kappa shape index (κ3) is 3.22. The van der Waals surface area contributed by atoms with E-state index in [-0.39, 0.29) is 40.2 Å². The summed E-state index contributed by atoms with van der Waals surface area (Å²) in [6.07, 6.45) is -0.833. The van der Waals surface area contributed by atoms with E-state index in [0.717, 1.165) is 0 Å². The summed E-state index contributed by atoms with van der Waals surface area (Å²) in [5.74, 6) is -2.20. The van der Waals surface area contributed by atoms with Gasteiger partial charge in [-0.2, -0.15) is 0 Å². The molecule has 0 spiro atoms. The molecular formula is C28H22O8. The van der Waals surface area contributed by atoms with E-state index < -0.39 is 23.9 Å². The van der Waals surface area contributed by atoms with Crippen LogP contribution in [0.1, 0.15) is 51.7 Å². The van der Waals surface area contributed by atoms with Gasteiger partial charge in [-0.1, -0.05) is 6.07 Å². The van der Waals surface area contributed by atoms with E-state index in [1.54, 1.807) is 6.07 Å². The van der Waals surface area contributed by atoms with E-state index in [0.29, 0.717) is 33.6 Å². The Morgan fingerprint density at radius 2 is 1.11 bits per heavy atom. The van der Waals surface area contributed by atoms with Crippen molar-refractivity contribution in [3.05, 3.63) is 94.5 Å². The van der Waals surface area contributed by atoms with Crippen LogP contribution in [0.15, 0.2) is 66.7 Å². The minimum atomic E-state index is -0.833. The summed E-state index contributed by atoms with van der Waals surface area (Å²) in [6.45, 7) is 0. The minimum Gasteiger partial charge on any atom is -0.508 e. The van der Waals surface area contributed by atoms with Crippen molar-refractivity contribution in [2.24, 2.45) is 0 Å². The van der Waals surface area contributed by atoms with Crippen molar-refractivity contribution in [1.82, 2.24) is 0 Å². The lowest BCUT2D eigenvalue weighted by Gasteiger charge is -2.39. The van der Waals surface area contributed by atoms with E-state index >= 15 is 0 Å². The maximum atomic E-state index is 11.0. The van der Waals surface area contributed by atoms with Crippen LogP contribution in [0, 0.1) is 0 Å². The van der Waals surface area contributed by atoms with Gasteiger partial charge in [0.1, 0.15) is 52.1 Å². The first-order valence-electron chi connectivity index (χ1n) is 11.3. The van der Waals surface area contributed by atoms with Gasteiger partial charge in [-0.3, -0.25) is 0 Å². The minimum absolute atomic E-state index is 0.0246. The highest BCUT2D eigenvalue weighted by molar-refractivity contribution is 5.64. The van der Waals surface area contributed by atoms with E-state index in [2.05, 4.69) is 0 Å². The van der Waals surface area contributed by atoms with Crippen LogP contribution in [-0.4, -0.2) is 35.7 Å². The maximum Gasteiger partial charge on any atom is 0.135 e. The van der Waals surface area contributed by atoms with Crippen LogP contribution in [0.2, 0.25) is 0 Å². The van der Waals surface area contributed by atoms with Gasteiger partial charge in [0.15, 0.2) is 0 Å². The van der Waals surface area contributed by atoms with E-state index in [1.165, 1.54) is 60.7 Å². The number of hydrogen-bond donors (Lipinski definition) is 7. The van der Waals surface area contributed by atoms with E-state index in [1.807, 2.05) is 0 Å². The number of rotatable bonds is 2. The highest BCUT2D eigenvalue weighted by atomic mass is 16.5. The third-order valence-electron chi connectivity index (χ3n) is 7.13. The van der Waals surface area contributed by atoms with Gasteiger partial charge in [0, 0.05) is 53.1 Å². The fourth-order valence-corrected chi connectivity index (χ4v) is 5.88. The summed E-state index contributed by atoms with van der Waals surface area (Å²) in [6, 6.07) is 15.9. The molecule has 36 heavy (non-hydrogen) atoms. The van der Waals surface area contributed by atoms with Crippen LogP contribution in [0.4, 0.5) is 0 Å². The molecule has 0 aromatic heterocycles. The molecular weight excluding hydrogens is 464 g/mol. The zero-order valence-electron chi connectivity index (χ0n) is 18.7. The highest BCUT2D eigenvalue weighted by Gasteiger charge is 2.52. The van der Waals surface area contributed by atoms with Crippen LogP contribution < -0.4 is 4.74 Å². The topological polar surface area (TPSA) is 151 Å². The van der Waals surface area contributed by atoms with E-state index in [9.17, 15) is 35.7 Å². The molecule has 0 amide bonds. The number of fused-ring (bicyclic) bond motifs is 5. The Kier molecular flexibility index (Phi) is 4.63. The standard InChI is InChI=1S/C28H22O8/c29-13-1-3-18(21(34)9-13)28-27-20-8-17(33)10-22(35)25(20)24(12-5-15(31)7-16(32)6-12)26(27)19-4-2-14(30)11-23(19)36-28/h1-11,24,26-35H/t24-,26+,27-,28+/m1/s1. The quantitative estimate of drug-likeness (QED) is 0.214. The smallest absolute Gasteiger partial charge is 0.135 e. The average Bonchev–Trinajstić information content (AvgIpc) is 3.13. The second-order valence-corrected chi connectivity index (χ2v) is 9.28. The zero-order chi connectivity index (χ0) is 25.3. The Balaban J connectivity index is 1.67. The number of aromatic hydroxyl groups is 7. The normalized spacial score (nSPS) is 21.8. The van der Waals surface area contributed by atoms with Crippen molar-refractivity contribution < 1.29 is 40.5 Å². The molecule has 1 aliphatic heterocycles. The fourth-order valence-electron chi connectivity index (χ4n) is 5.88. The number of hydrogen-bond acceptors (Lipinski definition) is 8. The third-order valence-corrected chi connectivity index (χ3v) is 7.13. The van der Waals surface area contributed by atoms with Gasteiger partial charge in [-0.25, -0.2) is 0 Å². The Morgan fingerprint density at radius 1 is 0.500 bits per heavy atom. The molecule has 182 valence electrons. The Morgan fingerprint density at radius 3 is 1.81 bits per heavy atom. The van der Waals surface area contributed by atoms with Crippen molar-refractivity contribution in [2.75, 3.05) is 0 Å². The largest absolute Gasteiger partial charge is 0.508 e.